The highest BCUT2D eigenvalue weighted by Gasteiger charge is 2.16. The van der Waals surface area contributed by atoms with Gasteiger partial charge in [0.1, 0.15) is 23.1 Å². The topological polar surface area (TPSA) is 12.0 Å². The van der Waals surface area contributed by atoms with Crippen molar-refractivity contribution in [1.82, 2.24) is 0 Å². The fourth-order valence-corrected chi connectivity index (χ4v) is 2.37. The van der Waals surface area contributed by atoms with E-state index < -0.39 is 11.6 Å². The van der Waals surface area contributed by atoms with E-state index in [0.29, 0.717) is 10.9 Å². The van der Waals surface area contributed by atoms with E-state index in [-0.39, 0.29) is 17.5 Å². The monoisotopic (exact) mass is 343 g/mol. The summed E-state index contributed by atoms with van der Waals surface area (Å²) in [5.74, 6) is -1.68. The lowest BCUT2D eigenvalue weighted by Crippen LogP contribution is -2.12. The molecule has 0 fully saturated rings. The highest BCUT2D eigenvalue weighted by molar-refractivity contribution is 9.10. The molecule has 1 nitrogen and oxygen atoms in total. The normalized spacial score (nSPS) is 12.2. The summed E-state index contributed by atoms with van der Waals surface area (Å²) in [5.41, 5.74) is 0.597. The van der Waals surface area contributed by atoms with E-state index in [2.05, 4.69) is 21.2 Å². The number of hydrogen-bond acceptors (Lipinski definition) is 1. The van der Waals surface area contributed by atoms with Gasteiger partial charge in [-0.2, -0.15) is 0 Å². The largest absolute Gasteiger partial charge is 0.374 e. The lowest BCUT2D eigenvalue weighted by molar-refractivity contribution is 0.579. The molecule has 1 N–H and O–H groups in total. The third-order valence-corrected chi connectivity index (χ3v) is 3.46. The smallest absolute Gasteiger partial charge is 0.150 e. The maximum absolute atomic E-state index is 13.8. The zero-order chi connectivity index (χ0) is 14.7. The molecule has 2 aromatic rings. The Morgan fingerprint density at radius 3 is 2.10 bits per heavy atom. The van der Waals surface area contributed by atoms with E-state index >= 15 is 0 Å². The van der Waals surface area contributed by atoms with Crippen molar-refractivity contribution >= 4 is 21.6 Å². The van der Waals surface area contributed by atoms with Crippen molar-refractivity contribution in [3.05, 3.63) is 63.9 Å². The van der Waals surface area contributed by atoms with Gasteiger partial charge in [0.15, 0.2) is 0 Å². The molecule has 20 heavy (non-hydrogen) atoms. The minimum Gasteiger partial charge on any atom is -0.374 e. The molecule has 0 aliphatic carbocycles. The first-order chi connectivity index (χ1) is 9.51. The number of anilines is 1. The van der Waals surface area contributed by atoms with Gasteiger partial charge in [0.2, 0.25) is 0 Å². The van der Waals surface area contributed by atoms with Crippen LogP contribution in [0.3, 0.4) is 0 Å². The van der Waals surface area contributed by atoms with Crippen LogP contribution < -0.4 is 5.32 Å². The first-order valence-electron chi connectivity index (χ1n) is 6.17. The number of rotatable bonds is 4. The third kappa shape index (κ3) is 3.33. The molecule has 5 heteroatoms. The predicted molar refractivity (Wildman–Crippen MR) is 77.1 cm³/mol. The van der Waals surface area contributed by atoms with E-state index in [1.54, 1.807) is 12.1 Å². The minimum atomic E-state index is -0.669. The molecule has 2 rings (SSSR count). The number of benzene rings is 2. The summed E-state index contributed by atoms with van der Waals surface area (Å²) in [5, 5.41) is 2.83. The maximum Gasteiger partial charge on any atom is 0.150 e. The molecule has 0 aliphatic heterocycles. The van der Waals surface area contributed by atoms with Crippen LogP contribution in [0.5, 0.6) is 0 Å². The summed E-state index contributed by atoms with van der Waals surface area (Å²) in [7, 11) is 0. The highest BCUT2D eigenvalue weighted by atomic mass is 79.9. The Labute approximate surface area is 123 Å². The fourth-order valence-electron chi connectivity index (χ4n) is 1.97. The molecular weight excluding hydrogens is 331 g/mol. The zero-order valence-corrected chi connectivity index (χ0v) is 12.3. The Balaban J connectivity index is 2.29. The van der Waals surface area contributed by atoms with Gasteiger partial charge >= 0.3 is 0 Å². The van der Waals surface area contributed by atoms with Gasteiger partial charge in [-0.3, -0.25) is 0 Å². The summed E-state index contributed by atoms with van der Waals surface area (Å²) in [6.07, 6.45) is 0.612. The van der Waals surface area contributed by atoms with Crippen molar-refractivity contribution in [3.63, 3.8) is 0 Å². The average Bonchev–Trinajstić information content (AvgIpc) is 2.39. The first kappa shape index (κ1) is 14.9. The summed E-state index contributed by atoms with van der Waals surface area (Å²) in [6, 6.07) is 7.96. The fraction of sp³-hybridized carbons (Fsp3) is 0.200. The second-order valence-corrected chi connectivity index (χ2v) is 5.32. The SMILES string of the molecule is CCC(Nc1c(F)cc(Br)cc1F)c1ccc(F)cc1. The predicted octanol–water partition coefficient (Wildman–Crippen LogP) is 5.43. The van der Waals surface area contributed by atoms with Crippen LogP contribution in [0.2, 0.25) is 0 Å². The quantitative estimate of drug-likeness (QED) is 0.780. The van der Waals surface area contributed by atoms with E-state index in [4.69, 9.17) is 0 Å². The van der Waals surface area contributed by atoms with Gasteiger partial charge < -0.3 is 5.32 Å². The van der Waals surface area contributed by atoms with Crippen LogP contribution in [0.4, 0.5) is 18.9 Å². The molecule has 1 unspecified atom stereocenters. The number of hydrogen-bond donors (Lipinski definition) is 1. The van der Waals surface area contributed by atoms with Gasteiger partial charge in [0.25, 0.3) is 0 Å². The van der Waals surface area contributed by atoms with Crippen LogP contribution in [0.1, 0.15) is 24.9 Å². The third-order valence-electron chi connectivity index (χ3n) is 3.01. The second kappa shape index (κ2) is 6.31. The van der Waals surface area contributed by atoms with Crippen LogP contribution >= 0.6 is 15.9 Å². The molecule has 1 atom stereocenters. The Hall–Kier alpha value is -1.49. The first-order valence-corrected chi connectivity index (χ1v) is 6.97. The minimum absolute atomic E-state index is 0.177. The highest BCUT2D eigenvalue weighted by Crippen LogP contribution is 2.29. The van der Waals surface area contributed by atoms with Crippen molar-refractivity contribution in [1.29, 1.82) is 0 Å². The van der Waals surface area contributed by atoms with E-state index in [1.165, 1.54) is 24.3 Å². The molecule has 2 aromatic carbocycles. The standard InChI is InChI=1S/C15H13BrF3N/c1-2-14(9-3-5-11(17)6-4-9)20-15-12(18)7-10(16)8-13(15)19/h3-8,14,20H,2H2,1H3. The maximum atomic E-state index is 13.8. The molecular formula is C15H13BrF3N. The van der Waals surface area contributed by atoms with Gasteiger partial charge in [-0.15, -0.1) is 0 Å². The van der Waals surface area contributed by atoms with Gasteiger partial charge in [-0.1, -0.05) is 35.0 Å². The van der Waals surface area contributed by atoms with E-state index in [9.17, 15) is 13.2 Å². The Bertz CT molecular complexity index is 576. The van der Waals surface area contributed by atoms with Crippen LogP contribution in [-0.2, 0) is 0 Å². The lowest BCUT2D eigenvalue weighted by atomic mass is 10.0. The van der Waals surface area contributed by atoms with Crippen LogP contribution in [0.25, 0.3) is 0 Å². The zero-order valence-electron chi connectivity index (χ0n) is 10.8. The van der Waals surface area contributed by atoms with E-state index in [0.717, 1.165) is 5.56 Å². The molecule has 0 amide bonds. The molecule has 0 aliphatic rings. The Morgan fingerprint density at radius 1 is 1.05 bits per heavy atom. The van der Waals surface area contributed by atoms with Crippen molar-refractivity contribution in [3.8, 4) is 0 Å². The van der Waals surface area contributed by atoms with Gasteiger partial charge in [0.05, 0.1) is 6.04 Å². The molecule has 0 bridgehead atoms. The number of halogens is 4. The van der Waals surface area contributed by atoms with E-state index in [1.807, 2.05) is 6.92 Å². The van der Waals surface area contributed by atoms with Crippen LogP contribution in [0.15, 0.2) is 40.9 Å². The molecule has 0 saturated carbocycles. The Kier molecular flexibility index (Phi) is 4.70. The Morgan fingerprint density at radius 2 is 1.60 bits per heavy atom. The van der Waals surface area contributed by atoms with Crippen molar-refractivity contribution in [2.24, 2.45) is 0 Å². The molecule has 0 spiro atoms. The summed E-state index contributed by atoms with van der Waals surface area (Å²) in [6.45, 7) is 1.88. The molecule has 106 valence electrons. The summed E-state index contributed by atoms with van der Waals surface area (Å²) >= 11 is 3.03. The van der Waals surface area contributed by atoms with Gasteiger partial charge in [0, 0.05) is 4.47 Å². The van der Waals surface area contributed by atoms with Gasteiger partial charge in [-0.25, -0.2) is 13.2 Å². The van der Waals surface area contributed by atoms with Gasteiger partial charge in [-0.05, 0) is 36.2 Å². The van der Waals surface area contributed by atoms with Crippen molar-refractivity contribution < 1.29 is 13.2 Å². The summed E-state index contributed by atoms with van der Waals surface area (Å²) in [4.78, 5) is 0. The second-order valence-electron chi connectivity index (χ2n) is 4.40. The summed E-state index contributed by atoms with van der Waals surface area (Å²) < 4.78 is 40.8. The molecule has 0 radical (unpaired) electrons. The lowest BCUT2D eigenvalue weighted by Gasteiger charge is -2.20. The van der Waals surface area contributed by atoms with Crippen LogP contribution in [0, 0.1) is 17.5 Å². The molecule has 0 saturated heterocycles. The molecule has 0 heterocycles. The van der Waals surface area contributed by atoms with Crippen molar-refractivity contribution in [2.75, 3.05) is 5.32 Å². The van der Waals surface area contributed by atoms with Crippen LogP contribution in [-0.4, -0.2) is 0 Å². The van der Waals surface area contributed by atoms with Crippen molar-refractivity contribution in [2.45, 2.75) is 19.4 Å². The number of nitrogens with one attached hydrogen (secondary N) is 1. The molecule has 0 aromatic heterocycles. The average molecular weight is 344 g/mol.